The Morgan fingerprint density at radius 1 is 1.21 bits per heavy atom. The van der Waals surface area contributed by atoms with Crippen molar-refractivity contribution in [3.8, 4) is 0 Å². The summed E-state index contributed by atoms with van der Waals surface area (Å²) in [6.07, 6.45) is 7.38. The van der Waals surface area contributed by atoms with Gasteiger partial charge in [0.05, 0.1) is 0 Å². The van der Waals surface area contributed by atoms with E-state index < -0.39 is 0 Å². The molecule has 1 spiro atoms. The Morgan fingerprint density at radius 2 is 2.00 bits per heavy atom. The van der Waals surface area contributed by atoms with Gasteiger partial charge in [-0.25, -0.2) is 0 Å². The third-order valence-corrected chi connectivity index (χ3v) is 6.15. The Kier molecular flexibility index (Phi) is 4.59. The Morgan fingerprint density at radius 3 is 2.79 bits per heavy atom. The van der Waals surface area contributed by atoms with Crippen LogP contribution in [0.15, 0.2) is 24.3 Å². The first-order valence-corrected chi connectivity index (χ1v) is 9.58. The van der Waals surface area contributed by atoms with Crippen molar-refractivity contribution in [2.45, 2.75) is 45.1 Å². The summed E-state index contributed by atoms with van der Waals surface area (Å²) in [5.41, 5.74) is 2.58. The molecule has 1 unspecified atom stereocenters. The van der Waals surface area contributed by atoms with Crippen LogP contribution in [0.5, 0.6) is 0 Å². The Hall–Kier alpha value is -1.39. The van der Waals surface area contributed by atoms with Crippen molar-refractivity contribution in [2.24, 2.45) is 11.3 Å². The van der Waals surface area contributed by atoms with E-state index in [1.54, 1.807) is 0 Å². The van der Waals surface area contributed by atoms with Crippen LogP contribution in [0.1, 0.15) is 44.1 Å². The summed E-state index contributed by atoms with van der Waals surface area (Å²) < 4.78 is 0. The smallest absolute Gasteiger partial charge is 0.228 e. The lowest BCUT2D eigenvalue weighted by molar-refractivity contribution is -0.118. The van der Waals surface area contributed by atoms with E-state index in [4.69, 9.17) is 0 Å². The van der Waals surface area contributed by atoms with Crippen LogP contribution >= 0.6 is 0 Å². The fourth-order valence-corrected chi connectivity index (χ4v) is 4.55. The average Bonchev–Trinajstić information content (AvgIpc) is 3.30. The normalized spacial score (nSPS) is 26.2. The third kappa shape index (κ3) is 3.50. The molecule has 1 atom stereocenters. The largest absolute Gasteiger partial charge is 0.326 e. The number of carbonyl (C=O) groups excluding carboxylic acids is 1. The lowest BCUT2D eigenvalue weighted by Gasteiger charge is -2.26. The number of anilines is 1. The molecule has 1 aliphatic carbocycles. The Labute approximate surface area is 145 Å². The summed E-state index contributed by atoms with van der Waals surface area (Å²) in [6.45, 7) is 5.54. The summed E-state index contributed by atoms with van der Waals surface area (Å²) >= 11 is 0. The number of piperidine rings is 2. The van der Waals surface area contributed by atoms with E-state index in [2.05, 4.69) is 33.7 Å². The van der Waals surface area contributed by atoms with E-state index in [-0.39, 0.29) is 11.8 Å². The molecule has 3 fully saturated rings. The van der Waals surface area contributed by atoms with E-state index in [1.807, 2.05) is 6.07 Å². The molecule has 3 aliphatic rings. The van der Waals surface area contributed by atoms with Crippen molar-refractivity contribution in [3.63, 3.8) is 0 Å². The van der Waals surface area contributed by atoms with Gasteiger partial charge in [-0.2, -0.15) is 0 Å². The van der Waals surface area contributed by atoms with E-state index >= 15 is 0 Å². The highest BCUT2D eigenvalue weighted by Crippen LogP contribution is 2.58. The molecular weight excluding hydrogens is 298 g/mol. The summed E-state index contributed by atoms with van der Waals surface area (Å²) in [5, 5.41) is 6.57. The van der Waals surface area contributed by atoms with Gasteiger partial charge in [-0.15, -0.1) is 0 Å². The molecule has 0 aromatic heterocycles. The minimum Gasteiger partial charge on any atom is -0.326 e. The quantitative estimate of drug-likeness (QED) is 0.893. The molecule has 1 aromatic carbocycles. The van der Waals surface area contributed by atoms with Crippen LogP contribution in [0.25, 0.3) is 0 Å². The molecule has 2 saturated heterocycles. The van der Waals surface area contributed by atoms with E-state index in [0.29, 0.717) is 5.41 Å². The molecule has 1 saturated carbocycles. The molecular formula is C20H29N3O. The van der Waals surface area contributed by atoms with Gasteiger partial charge >= 0.3 is 0 Å². The molecule has 2 heterocycles. The topological polar surface area (TPSA) is 44.4 Å². The number of hydrogen-bond acceptors (Lipinski definition) is 3. The molecule has 1 aromatic rings. The van der Waals surface area contributed by atoms with E-state index in [1.165, 1.54) is 37.9 Å². The van der Waals surface area contributed by atoms with Crippen molar-refractivity contribution in [1.29, 1.82) is 0 Å². The van der Waals surface area contributed by atoms with Crippen molar-refractivity contribution in [2.75, 3.05) is 31.5 Å². The summed E-state index contributed by atoms with van der Waals surface area (Å²) in [4.78, 5) is 15.1. The fourth-order valence-electron chi connectivity index (χ4n) is 4.55. The van der Waals surface area contributed by atoms with Gasteiger partial charge in [0.1, 0.15) is 0 Å². The van der Waals surface area contributed by atoms with Gasteiger partial charge in [-0.3, -0.25) is 9.69 Å². The first kappa shape index (κ1) is 16.1. The molecule has 130 valence electrons. The van der Waals surface area contributed by atoms with Gasteiger partial charge in [0, 0.05) is 18.2 Å². The molecule has 2 aliphatic heterocycles. The lowest BCUT2D eigenvalue weighted by Crippen LogP contribution is -2.31. The molecule has 4 rings (SSSR count). The number of amides is 1. The van der Waals surface area contributed by atoms with Gasteiger partial charge in [0.15, 0.2) is 0 Å². The van der Waals surface area contributed by atoms with E-state index in [0.717, 1.165) is 44.6 Å². The van der Waals surface area contributed by atoms with Crippen LogP contribution in [-0.4, -0.2) is 37.0 Å². The minimum absolute atomic E-state index is 0.227. The van der Waals surface area contributed by atoms with Crippen LogP contribution in [0, 0.1) is 11.3 Å². The van der Waals surface area contributed by atoms with Crippen LogP contribution in [-0.2, 0) is 11.3 Å². The summed E-state index contributed by atoms with van der Waals surface area (Å²) in [7, 11) is 0. The number of likely N-dealkylation sites (tertiary alicyclic amines) is 1. The second-order valence-corrected chi connectivity index (χ2v) is 7.90. The SMILES string of the molecule is O=C(Nc1cccc(CN2CCCCC2)c1)C1CC12CCNCC2. The molecule has 24 heavy (non-hydrogen) atoms. The molecule has 4 heteroatoms. The maximum absolute atomic E-state index is 12.6. The van der Waals surface area contributed by atoms with Crippen molar-refractivity contribution >= 4 is 11.6 Å². The maximum atomic E-state index is 12.6. The fraction of sp³-hybridized carbons (Fsp3) is 0.650. The zero-order chi connectivity index (χ0) is 16.4. The maximum Gasteiger partial charge on any atom is 0.228 e. The highest BCUT2D eigenvalue weighted by atomic mass is 16.2. The zero-order valence-corrected chi connectivity index (χ0v) is 14.5. The highest BCUT2D eigenvalue weighted by molar-refractivity contribution is 5.95. The van der Waals surface area contributed by atoms with Gasteiger partial charge in [-0.1, -0.05) is 18.6 Å². The predicted molar refractivity (Wildman–Crippen MR) is 96.8 cm³/mol. The molecule has 0 radical (unpaired) electrons. The number of nitrogens with zero attached hydrogens (tertiary/aromatic N) is 1. The Bertz CT molecular complexity index is 588. The van der Waals surface area contributed by atoms with Crippen LogP contribution in [0.3, 0.4) is 0 Å². The number of hydrogen-bond donors (Lipinski definition) is 2. The van der Waals surface area contributed by atoms with Gasteiger partial charge in [-0.05, 0) is 81.4 Å². The third-order valence-electron chi connectivity index (χ3n) is 6.15. The van der Waals surface area contributed by atoms with Gasteiger partial charge in [0.2, 0.25) is 5.91 Å². The molecule has 1 amide bonds. The molecule has 4 nitrogen and oxygen atoms in total. The first-order chi connectivity index (χ1) is 11.8. The number of carbonyl (C=O) groups is 1. The average molecular weight is 327 g/mol. The summed E-state index contributed by atoms with van der Waals surface area (Å²) in [6, 6.07) is 8.43. The molecule has 2 N–H and O–H groups in total. The van der Waals surface area contributed by atoms with E-state index in [9.17, 15) is 4.79 Å². The Balaban J connectivity index is 1.34. The molecule has 0 bridgehead atoms. The number of benzene rings is 1. The highest BCUT2D eigenvalue weighted by Gasteiger charge is 2.57. The predicted octanol–water partition coefficient (Wildman–Crippen LogP) is 3.00. The van der Waals surface area contributed by atoms with Gasteiger partial charge in [0.25, 0.3) is 0 Å². The number of nitrogens with one attached hydrogen (secondary N) is 2. The standard InChI is InChI=1S/C20H29N3O/c24-19(18-14-20(18)7-9-21-10-8-20)22-17-6-4-5-16(13-17)15-23-11-2-1-3-12-23/h4-6,13,18,21H,1-3,7-12,14-15H2,(H,22,24). The van der Waals surface area contributed by atoms with Crippen LogP contribution in [0.4, 0.5) is 5.69 Å². The van der Waals surface area contributed by atoms with Gasteiger partial charge < -0.3 is 10.6 Å². The van der Waals surface area contributed by atoms with Crippen LogP contribution in [0.2, 0.25) is 0 Å². The second kappa shape index (κ2) is 6.85. The van der Waals surface area contributed by atoms with Crippen LogP contribution < -0.4 is 10.6 Å². The summed E-state index contributed by atoms with van der Waals surface area (Å²) in [5.74, 6) is 0.456. The van der Waals surface area contributed by atoms with Crippen molar-refractivity contribution in [1.82, 2.24) is 10.2 Å². The number of rotatable bonds is 4. The van der Waals surface area contributed by atoms with Crippen molar-refractivity contribution in [3.05, 3.63) is 29.8 Å². The zero-order valence-electron chi connectivity index (χ0n) is 14.5. The lowest BCUT2D eigenvalue weighted by atomic mass is 9.92. The minimum atomic E-state index is 0.227. The van der Waals surface area contributed by atoms with Crippen molar-refractivity contribution < 1.29 is 4.79 Å². The monoisotopic (exact) mass is 327 g/mol. The second-order valence-electron chi connectivity index (χ2n) is 7.90. The first-order valence-electron chi connectivity index (χ1n) is 9.58.